The molecule has 0 radical (unpaired) electrons. The van der Waals surface area contributed by atoms with Crippen LogP contribution in [0.1, 0.15) is 44.9 Å². The molecule has 1 unspecified atom stereocenters. The molecule has 7 nitrogen and oxygen atoms in total. The van der Waals surface area contributed by atoms with Gasteiger partial charge < -0.3 is 19.4 Å². The van der Waals surface area contributed by atoms with Crippen molar-refractivity contribution in [3.8, 4) is 5.75 Å². The molecule has 3 aliphatic heterocycles. The lowest BCUT2D eigenvalue weighted by Crippen LogP contribution is -2.46. The summed E-state index contributed by atoms with van der Waals surface area (Å²) in [4.78, 5) is 44.2. The first kappa shape index (κ1) is 22.9. The topological polar surface area (TPSA) is 70.2 Å². The number of ether oxygens (including phenoxy) is 1. The van der Waals surface area contributed by atoms with Gasteiger partial charge in [0.1, 0.15) is 5.75 Å². The van der Waals surface area contributed by atoms with Crippen LogP contribution in [0.5, 0.6) is 5.75 Å². The van der Waals surface area contributed by atoms with Crippen molar-refractivity contribution in [1.82, 2.24) is 9.80 Å². The summed E-state index contributed by atoms with van der Waals surface area (Å²) in [6, 6.07) is 5.14. The molecule has 0 saturated carbocycles. The van der Waals surface area contributed by atoms with Gasteiger partial charge in [-0.1, -0.05) is 24.4 Å². The number of nitrogens with zero attached hydrogens (tertiary/aromatic N) is 3. The number of carbonyl (C=O) groups is 3. The molecule has 4 rings (SSSR count). The van der Waals surface area contributed by atoms with E-state index in [0.29, 0.717) is 48.9 Å². The largest absolute Gasteiger partial charge is 0.495 e. The number of anilines is 1. The minimum Gasteiger partial charge on any atom is -0.495 e. The van der Waals surface area contributed by atoms with Crippen LogP contribution in [0, 0.1) is 11.8 Å². The zero-order valence-corrected chi connectivity index (χ0v) is 19.5. The Labute approximate surface area is 194 Å². The van der Waals surface area contributed by atoms with E-state index in [0.717, 1.165) is 25.9 Å². The Bertz CT molecular complexity index is 861. The third-order valence-electron chi connectivity index (χ3n) is 6.98. The summed E-state index contributed by atoms with van der Waals surface area (Å²) >= 11 is 6.13. The highest BCUT2D eigenvalue weighted by Crippen LogP contribution is 2.36. The van der Waals surface area contributed by atoms with Crippen molar-refractivity contribution < 1.29 is 19.1 Å². The SMILES string of the molecule is COc1ccc(Cl)cc1N1CC(C(=O)N2CCC(C(=O)N3CCCCCC3)CC2)CC1=O. The van der Waals surface area contributed by atoms with Crippen molar-refractivity contribution in [1.29, 1.82) is 0 Å². The molecule has 3 heterocycles. The average molecular weight is 462 g/mol. The molecule has 8 heteroatoms. The van der Waals surface area contributed by atoms with Crippen LogP contribution in [0.15, 0.2) is 18.2 Å². The van der Waals surface area contributed by atoms with Crippen LogP contribution in [0.25, 0.3) is 0 Å². The summed E-state index contributed by atoms with van der Waals surface area (Å²) in [6.07, 6.45) is 6.17. The lowest BCUT2D eigenvalue weighted by Gasteiger charge is -2.35. The molecule has 3 fully saturated rings. The quantitative estimate of drug-likeness (QED) is 0.689. The highest BCUT2D eigenvalue weighted by Gasteiger charge is 2.40. The molecule has 3 amide bonds. The number of methoxy groups -OCH3 is 1. The molecule has 3 saturated heterocycles. The van der Waals surface area contributed by atoms with Crippen LogP contribution < -0.4 is 9.64 Å². The van der Waals surface area contributed by atoms with E-state index in [9.17, 15) is 14.4 Å². The van der Waals surface area contributed by atoms with Gasteiger partial charge in [0.05, 0.1) is 18.7 Å². The first-order chi connectivity index (χ1) is 15.5. The number of halogens is 1. The van der Waals surface area contributed by atoms with E-state index in [-0.39, 0.29) is 36.0 Å². The zero-order chi connectivity index (χ0) is 22.7. The predicted octanol–water partition coefficient (Wildman–Crippen LogP) is 3.34. The highest BCUT2D eigenvalue weighted by molar-refractivity contribution is 6.31. The second-order valence-electron chi connectivity index (χ2n) is 9.06. The molecule has 1 atom stereocenters. The summed E-state index contributed by atoms with van der Waals surface area (Å²) in [5.74, 6) is 0.342. The van der Waals surface area contributed by atoms with Crippen molar-refractivity contribution in [2.75, 3.05) is 44.7 Å². The Hall–Kier alpha value is -2.28. The summed E-state index contributed by atoms with van der Waals surface area (Å²) in [5, 5.41) is 0.513. The van der Waals surface area contributed by atoms with Gasteiger partial charge in [0.2, 0.25) is 17.7 Å². The molecule has 0 N–H and O–H groups in total. The molecule has 0 aromatic heterocycles. The summed E-state index contributed by atoms with van der Waals surface area (Å²) in [6.45, 7) is 3.21. The van der Waals surface area contributed by atoms with Gasteiger partial charge in [-0.15, -0.1) is 0 Å². The number of likely N-dealkylation sites (tertiary alicyclic amines) is 2. The van der Waals surface area contributed by atoms with Crippen LogP contribution in [0.2, 0.25) is 5.02 Å². The maximum Gasteiger partial charge on any atom is 0.228 e. The minimum absolute atomic E-state index is 0.00233. The molecule has 32 heavy (non-hydrogen) atoms. The van der Waals surface area contributed by atoms with Gasteiger partial charge in [0.25, 0.3) is 0 Å². The Kier molecular flexibility index (Phi) is 7.23. The number of hydrogen-bond acceptors (Lipinski definition) is 4. The molecular weight excluding hydrogens is 430 g/mol. The first-order valence-corrected chi connectivity index (χ1v) is 12.1. The molecule has 0 spiro atoms. The number of benzene rings is 1. The lowest BCUT2D eigenvalue weighted by molar-refractivity contribution is -0.142. The van der Waals surface area contributed by atoms with Crippen LogP contribution in [0.3, 0.4) is 0 Å². The summed E-state index contributed by atoms with van der Waals surface area (Å²) in [7, 11) is 1.55. The lowest BCUT2D eigenvalue weighted by atomic mass is 9.94. The Balaban J connectivity index is 1.34. The van der Waals surface area contributed by atoms with Crippen molar-refractivity contribution >= 4 is 35.0 Å². The van der Waals surface area contributed by atoms with E-state index in [4.69, 9.17) is 16.3 Å². The molecule has 1 aromatic carbocycles. The third kappa shape index (κ3) is 4.87. The average Bonchev–Trinajstić information content (AvgIpc) is 3.00. The van der Waals surface area contributed by atoms with E-state index in [1.807, 2.05) is 9.80 Å². The Morgan fingerprint density at radius 2 is 1.56 bits per heavy atom. The maximum absolute atomic E-state index is 13.2. The fourth-order valence-electron chi connectivity index (χ4n) is 5.13. The summed E-state index contributed by atoms with van der Waals surface area (Å²) in [5.41, 5.74) is 0.599. The number of hydrogen-bond donors (Lipinski definition) is 0. The zero-order valence-electron chi connectivity index (χ0n) is 18.7. The summed E-state index contributed by atoms with van der Waals surface area (Å²) < 4.78 is 5.38. The van der Waals surface area contributed by atoms with Crippen molar-refractivity contribution in [3.63, 3.8) is 0 Å². The number of amides is 3. The van der Waals surface area contributed by atoms with Gasteiger partial charge in [-0.25, -0.2) is 0 Å². The van der Waals surface area contributed by atoms with E-state index in [1.54, 1.807) is 30.2 Å². The van der Waals surface area contributed by atoms with E-state index in [2.05, 4.69) is 0 Å². The van der Waals surface area contributed by atoms with Gasteiger partial charge >= 0.3 is 0 Å². The van der Waals surface area contributed by atoms with Crippen LogP contribution in [-0.4, -0.2) is 67.4 Å². The Morgan fingerprint density at radius 1 is 0.938 bits per heavy atom. The monoisotopic (exact) mass is 461 g/mol. The van der Waals surface area contributed by atoms with Crippen molar-refractivity contribution in [2.24, 2.45) is 11.8 Å². The molecule has 3 aliphatic rings. The number of carbonyl (C=O) groups excluding carboxylic acids is 3. The Morgan fingerprint density at radius 3 is 2.22 bits per heavy atom. The smallest absolute Gasteiger partial charge is 0.228 e. The molecule has 0 bridgehead atoms. The van der Waals surface area contributed by atoms with E-state index < -0.39 is 0 Å². The fraction of sp³-hybridized carbons (Fsp3) is 0.625. The molecule has 1 aromatic rings. The third-order valence-corrected chi connectivity index (χ3v) is 7.21. The van der Waals surface area contributed by atoms with Gasteiger partial charge in [-0.3, -0.25) is 14.4 Å². The normalized spacial score (nSPS) is 22.8. The minimum atomic E-state index is -0.385. The molecule has 0 aliphatic carbocycles. The first-order valence-electron chi connectivity index (χ1n) is 11.7. The van der Waals surface area contributed by atoms with Crippen LogP contribution >= 0.6 is 11.6 Å². The van der Waals surface area contributed by atoms with Crippen molar-refractivity contribution in [3.05, 3.63) is 23.2 Å². The van der Waals surface area contributed by atoms with Crippen molar-refractivity contribution in [2.45, 2.75) is 44.9 Å². The van der Waals surface area contributed by atoms with E-state index >= 15 is 0 Å². The standard InChI is InChI=1S/C24H32ClN3O4/c1-32-21-7-6-19(25)15-20(21)28-16-18(14-22(28)29)24(31)27-12-8-17(9-13-27)23(30)26-10-4-2-3-5-11-26/h6-7,15,17-18H,2-5,8-14,16H2,1H3. The number of rotatable bonds is 4. The number of piperidine rings is 1. The predicted molar refractivity (Wildman–Crippen MR) is 123 cm³/mol. The second kappa shape index (κ2) is 10.1. The van der Waals surface area contributed by atoms with Gasteiger partial charge in [0, 0.05) is 50.1 Å². The van der Waals surface area contributed by atoms with Gasteiger partial charge in [-0.2, -0.15) is 0 Å². The second-order valence-corrected chi connectivity index (χ2v) is 9.50. The highest BCUT2D eigenvalue weighted by atomic mass is 35.5. The van der Waals surface area contributed by atoms with Gasteiger partial charge in [-0.05, 0) is 43.9 Å². The van der Waals surface area contributed by atoms with E-state index in [1.165, 1.54) is 12.8 Å². The van der Waals surface area contributed by atoms with Crippen LogP contribution in [-0.2, 0) is 14.4 Å². The molecular formula is C24H32ClN3O4. The fourth-order valence-corrected chi connectivity index (χ4v) is 5.30. The van der Waals surface area contributed by atoms with Crippen LogP contribution in [0.4, 0.5) is 5.69 Å². The van der Waals surface area contributed by atoms with Gasteiger partial charge in [0.15, 0.2) is 0 Å². The maximum atomic E-state index is 13.2. The molecule has 174 valence electrons.